The van der Waals surface area contributed by atoms with Crippen LogP contribution in [-0.2, 0) is 4.74 Å². The smallest absolute Gasteiger partial charge is 0.251 e. The number of carbonyl (C=O) groups is 1. The number of ether oxygens (including phenoxy) is 1. The van der Waals surface area contributed by atoms with E-state index < -0.39 is 5.54 Å². The van der Waals surface area contributed by atoms with Crippen LogP contribution >= 0.6 is 0 Å². The SMILES string of the molecule is C[C@@H]1COC[C@@](CO)(CNC(=O)c2ccn3nncc3c2)N1C. The molecule has 1 amide bonds. The molecule has 3 heterocycles. The molecule has 8 heteroatoms. The number of hydrogen-bond donors (Lipinski definition) is 2. The Morgan fingerprint density at radius 2 is 2.43 bits per heavy atom. The number of nitrogens with zero attached hydrogens (tertiary/aromatic N) is 4. The number of fused-ring (bicyclic) bond motifs is 1. The highest BCUT2D eigenvalue weighted by Gasteiger charge is 2.40. The van der Waals surface area contributed by atoms with E-state index in [9.17, 15) is 9.90 Å². The summed E-state index contributed by atoms with van der Waals surface area (Å²) in [6.07, 6.45) is 3.29. The number of amides is 1. The van der Waals surface area contributed by atoms with Gasteiger partial charge in [-0.05, 0) is 26.1 Å². The zero-order chi connectivity index (χ0) is 16.4. The molecule has 0 aromatic carbocycles. The number of carbonyl (C=O) groups excluding carboxylic acids is 1. The summed E-state index contributed by atoms with van der Waals surface area (Å²) in [5.74, 6) is -0.201. The van der Waals surface area contributed by atoms with Gasteiger partial charge in [-0.3, -0.25) is 9.69 Å². The summed E-state index contributed by atoms with van der Waals surface area (Å²) in [6.45, 7) is 3.27. The van der Waals surface area contributed by atoms with Gasteiger partial charge in [-0.2, -0.15) is 0 Å². The Bertz CT molecular complexity index is 703. The minimum absolute atomic E-state index is 0.0836. The van der Waals surface area contributed by atoms with Gasteiger partial charge in [0.05, 0.1) is 37.1 Å². The lowest BCUT2D eigenvalue weighted by atomic mass is 9.96. The van der Waals surface area contributed by atoms with Crippen LogP contribution < -0.4 is 5.32 Å². The molecule has 2 N–H and O–H groups in total. The van der Waals surface area contributed by atoms with Gasteiger partial charge in [0.15, 0.2) is 0 Å². The second kappa shape index (κ2) is 6.23. The van der Waals surface area contributed by atoms with Crippen molar-refractivity contribution in [3.63, 3.8) is 0 Å². The van der Waals surface area contributed by atoms with E-state index in [-0.39, 0.29) is 18.6 Å². The number of likely N-dealkylation sites (N-methyl/N-ethyl adjacent to an activating group) is 1. The number of morpholine rings is 1. The second-order valence-electron chi connectivity index (χ2n) is 6.06. The molecule has 1 fully saturated rings. The van der Waals surface area contributed by atoms with Crippen molar-refractivity contribution >= 4 is 11.4 Å². The van der Waals surface area contributed by atoms with Crippen LogP contribution in [0.15, 0.2) is 24.5 Å². The van der Waals surface area contributed by atoms with Crippen molar-refractivity contribution < 1.29 is 14.6 Å². The summed E-state index contributed by atoms with van der Waals surface area (Å²) >= 11 is 0. The zero-order valence-electron chi connectivity index (χ0n) is 13.3. The van der Waals surface area contributed by atoms with Gasteiger partial charge in [0.2, 0.25) is 0 Å². The van der Waals surface area contributed by atoms with Gasteiger partial charge in [0, 0.05) is 24.3 Å². The van der Waals surface area contributed by atoms with Crippen molar-refractivity contribution in [2.24, 2.45) is 0 Å². The van der Waals surface area contributed by atoms with Crippen LogP contribution in [0, 0.1) is 0 Å². The first kappa shape index (κ1) is 15.9. The van der Waals surface area contributed by atoms with Gasteiger partial charge in [-0.25, -0.2) is 4.52 Å². The molecule has 1 aliphatic heterocycles. The highest BCUT2D eigenvalue weighted by molar-refractivity contribution is 5.95. The first-order valence-corrected chi connectivity index (χ1v) is 7.55. The highest BCUT2D eigenvalue weighted by Crippen LogP contribution is 2.21. The van der Waals surface area contributed by atoms with E-state index in [1.54, 1.807) is 29.0 Å². The van der Waals surface area contributed by atoms with Gasteiger partial charge in [0.25, 0.3) is 5.91 Å². The van der Waals surface area contributed by atoms with E-state index in [2.05, 4.69) is 20.5 Å². The predicted octanol–water partition coefficient (Wildman–Crippen LogP) is -0.459. The van der Waals surface area contributed by atoms with Crippen LogP contribution in [0.3, 0.4) is 0 Å². The van der Waals surface area contributed by atoms with Gasteiger partial charge >= 0.3 is 0 Å². The average Bonchev–Trinajstić information content (AvgIpc) is 3.04. The molecule has 0 saturated carbocycles. The minimum Gasteiger partial charge on any atom is -0.394 e. The molecule has 0 bridgehead atoms. The van der Waals surface area contributed by atoms with Crippen LogP contribution in [0.1, 0.15) is 17.3 Å². The molecule has 2 aromatic rings. The third kappa shape index (κ3) is 2.92. The zero-order valence-corrected chi connectivity index (χ0v) is 13.3. The Morgan fingerprint density at radius 1 is 1.61 bits per heavy atom. The molecule has 1 aliphatic rings. The van der Waals surface area contributed by atoms with E-state index in [0.717, 1.165) is 5.52 Å². The van der Waals surface area contributed by atoms with Crippen molar-refractivity contribution in [3.8, 4) is 0 Å². The monoisotopic (exact) mass is 319 g/mol. The Balaban J connectivity index is 1.71. The van der Waals surface area contributed by atoms with Crippen LogP contribution in [0.25, 0.3) is 5.52 Å². The summed E-state index contributed by atoms with van der Waals surface area (Å²) in [5.41, 5.74) is 0.678. The lowest BCUT2D eigenvalue weighted by Crippen LogP contribution is -2.65. The lowest BCUT2D eigenvalue weighted by Gasteiger charge is -2.47. The quantitative estimate of drug-likeness (QED) is 0.792. The van der Waals surface area contributed by atoms with Crippen molar-refractivity contribution in [1.82, 2.24) is 25.0 Å². The molecule has 0 unspecified atom stereocenters. The number of hydrogen-bond acceptors (Lipinski definition) is 6. The summed E-state index contributed by atoms with van der Waals surface area (Å²) in [5, 5.41) is 20.4. The van der Waals surface area contributed by atoms with E-state index in [1.165, 1.54) is 0 Å². The number of aliphatic hydroxyl groups is 1. The predicted molar refractivity (Wildman–Crippen MR) is 83.2 cm³/mol. The lowest BCUT2D eigenvalue weighted by molar-refractivity contribution is -0.105. The van der Waals surface area contributed by atoms with E-state index >= 15 is 0 Å². The maximum absolute atomic E-state index is 12.4. The number of aromatic nitrogens is 3. The fourth-order valence-electron chi connectivity index (χ4n) is 2.81. The first-order chi connectivity index (χ1) is 11.1. The van der Waals surface area contributed by atoms with Gasteiger partial charge in [-0.15, -0.1) is 5.10 Å². The van der Waals surface area contributed by atoms with Crippen molar-refractivity contribution in [2.75, 3.05) is 33.4 Å². The molecular formula is C15H21N5O3. The van der Waals surface area contributed by atoms with E-state index in [0.29, 0.717) is 25.3 Å². The molecule has 2 aromatic heterocycles. The number of aliphatic hydroxyl groups excluding tert-OH is 1. The van der Waals surface area contributed by atoms with Crippen LogP contribution in [0.4, 0.5) is 0 Å². The summed E-state index contributed by atoms with van der Waals surface area (Å²) in [6, 6.07) is 3.60. The largest absolute Gasteiger partial charge is 0.394 e. The summed E-state index contributed by atoms with van der Waals surface area (Å²) < 4.78 is 7.17. The number of nitrogens with one attached hydrogen (secondary N) is 1. The Labute approximate surface area is 134 Å². The molecule has 23 heavy (non-hydrogen) atoms. The molecule has 0 aliphatic carbocycles. The molecule has 3 rings (SSSR count). The third-order valence-electron chi connectivity index (χ3n) is 4.57. The van der Waals surface area contributed by atoms with Crippen molar-refractivity contribution in [1.29, 1.82) is 0 Å². The third-order valence-corrected chi connectivity index (χ3v) is 4.57. The van der Waals surface area contributed by atoms with E-state index in [1.807, 2.05) is 14.0 Å². The van der Waals surface area contributed by atoms with Crippen molar-refractivity contribution in [3.05, 3.63) is 30.1 Å². The Hall–Kier alpha value is -2.03. The van der Waals surface area contributed by atoms with Crippen LogP contribution in [-0.4, -0.2) is 75.7 Å². The molecule has 2 atom stereocenters. The highest BCUT2D eigenvalue weighted by atomic mass is 16.5. The maximum atomic E-state index is 12.4. The second-order valence-corrected chi connectivity index (χ2v) is 6.06. The molecular weight excluding hydrogens is 298 g/mol. The van der Waals surface area contributed by atoms with E-state index in [4.69, 9.17) is 4.74 Å². The van der Waals surface area contributed by atoms with Crippen molar-refractivity contribution in [2.45, 2.75) is 18.5 Å². The van der Waals surface area contributed by atoms with Gasteiger partial charge in [0.1, 0.15) is 0 Å². The fraction of sp³-hybridized carbons (Fsp3) is 0.533. The summed E-state index contributed by atoms with van der Waals surface area (Å²) in [7, 11) is 1.94. The number of pyridine rings is 1. The van der Waals surface area contributed by atoms with Gasteiger partial charge < -0.3 is 15.2 Å². The topological polar surface area (TPSA) is 92.0 Å². The molecule has 0 spiro atoms. The van der Waals surface area contributed by atoms with Crippen LogP contribution in [0.2, 0.25) is 0 Å². The molecule has 1 saturated heterocycles. The van der Waals surface area contributed by atoms with Crippen LogP contribution in [0.5, 0.6) is 0 Å². The normalized spacial score (nSPS) is 25.6. The van der Waals surface area contributed by atoms with Gasteiger partial charge in [-0.1, -0.05) is 5.21 Å². The Kier molecular flexibility index (Phi) is 4.29. The number of rotatable bonds is 4. The Morgan fingerprint density at radius 3 is 3.22 bits per heavy atom. The molecule has 124 valence electrons. The molecule has 0 radical (unpaired) electrons. The summed E-state index contributed by atoms with van der Waals surface area (Å²) in [4.78, 5) is 14.5. The average molecular weight is 319 g/mol. The maximum Gasteiger partial charge on any atom is 0.251 e. The fourth-order valence-corrected chi connectivity index (χ4v) is 2.81. The standard InChI is InChI=1S/C15H21N5O3/c1-11-7-23-10-15(9-21,19(11)2)8-16-14(22)12-3-4-20-13(5-12)6-17-18-20/h3-6,11,21H,7-10H2,1-2H3,(H,16,22)/t11-,15+/m1/s1. The first-order valence-electron chi connectivity index (χ1n) is 7.55. The molecule has 8 nitrogen and oxygen atoms in total. The minimum atomic E-state index is -0.602.